The standard InChI is InChI=1S/C15H30/c1-5-13(3)14(4)8-6-7-12(2)11-15-9-10-15/h12-15H,5-11H2,1-4H3. The maximum atomic E-state index is 2.45. The number of rotatable bonds is 8. The van der Waals surface area contributed by atoms with Gasteiger partial charge < -0.3 is 0 Å². The summed E-state index contributed by atoms with van der Waals surface area (Å²) in [7, 11) is 0. The van der Waals surface area contributed by atoms with E-state index in [-0.39, 0.29) is 0 Å². The van der Waals surface area contributed by atoms with Gasteiger partial charge in [0.2, 0.25) is 0 Å². The molecule has 1 aliphatic rings. The fourth-order valence-electron chi connectivity index (χ4n) is 2.52. The van der Waals surface area contributed by atoms with Crippen LogP contribution in [0.2, 0.25) is 0 Å². The van der Waals surface area contributed by atoms with Crippen LogP contribution in [0.1, 0.15) is 72.6 Å². The van der Waals surface area contributed by atoms with Gasteiger partial charge in [0.05, 0.1) is 0 Å². The van der Waals surface area contributed by atoms with E-state index in [1.54, 1.807) is 0 Å². The van der Waals surface area contributed by atoms with Crippen LogP contribution in [0, 0.1) is 23.7 Å². The van der Waals surface area contributed by atoms with Crippen molar-refractivity contribution >= 4 is 0 Å². The number of hydrogen-bond acceptors (Lipinski definition) is 0. The van der Waals surface area contributed by atoms with Gasteiger partial charge in [-0.05, 0) is 30.1 Å². The van der Waals surface area contributed by atoms with Gasteiger partial charge in [0.15, 0.2) is 0 Å². The van der Waals surface area contributed by atoms with E-state index in [9.17, 15) is 0 Å². The maximum Gasteiger partial charge on any atom is -0.0412 e. The van der Waals surface area contributed by atoms with Gasteiger partial charge in [-0.25, -0.2) is 0 Å². The minimum Gasteiger partial charge on any atom is -0.0651 e. The Balaban J connectivity index is 1.98. The molecule has 0 bridgehead atoms. The average molecular weight is 210 g/mol. The Morgan fingerprint density at radius 3 is 2.20 bits per heavy atom. The largest absolute Gasteiger partial charge is 0.0651 e. The molecule has 15 heavy (non-hydrogen) atoms. The fraction of sp³-hybridized carbons (Fsp3) is 1.00. The molecule has 1 fully saturated rings. The first kappa shape index (κ1) is 13.1. The van der Waals surface area contributed by atoms with E-state index in [4.69, 9.17) is 0 Å². The van der Waals surface area contributed by atoms with Crippen molar-refractivity contribution in [1.82, 2.24) is 0 Å². The molecule has 0 aliphatic heterocycles. The van der Waals surface area contributed by atoms with Crippen molar-refractivity contribution in [2.45, 2.75) is 72.6 Å². The average Bonchev–Trinajstić information content (AvgIpc) is 3.00. The van der Waals surface area contributed by atoms with E-state index >= 15 is 0 Å². The molecule has 0 spiro atoms. The molecular formula is C15H30. The second kappa shape index (κ2) is 6.55. The molecule has 3 unspecified atom stereocenters. The summed E-state index contributed by atoms with van der Waals surface area (Å²) in [6.45, 7) is 9.60. The lowest BCUT2D eigenvalue weighted by Gasteiger charge is -2.19. The van der Waals surface area contributed by atoms with Crippen LogP contribution in [0.4, 0.5) is 0 Å². The topological polar surface area (TPSA) is 0 Å². The molecule has 1 saturated carbocycles. The van der Waals surface area contributed by atoms with Gasteiger partial charge in [-0.2, -0.15) is 0 Å². The lowest BCUT2D eigenvalue weighted by Crippen LogP contribution is -2.07. The molecule has 1 rings (SSSR count). The first-order chi connectivity index (χ1) is 7.13. The van der Waals surface area contributed by atoms with Crippen molar-refractivity contribution < 1.29 is 0 Å². The van der Waals surface area contributed by atoms with Gasteiger partial charge in [-0.1, -0.05) is 66.2 Å². The zero-order valence-electron chi connectivity index (χ0n) is 11.3. The molecule has 0 N–H and O–H groups in total. The molecular weight excluding hydrogens is 180 g/mol. The molecule has 0 aromatic rings. The molecule has 0 heterocycles. The molecule has 3 atom stereocenters. The van der Waals surface area contributed by atoms with E-state index in [0.29, 0.717) is 0 Å². The first-order valence-corrected chi connectivity index (χ1v) is 7.13. The van der Waals surface area contributed by atoms with Crippen LogP contribution < -0.4 is 0 Å². The Morgan fingerprint density at radius 1 is 1.00 bits per heavy atom. The van der Waals surface area contributed by atoms with Crippen LogP contribution in [-0.4, -0.2) is 0 Å². The SMILES string of the molecule is CCC(C)C(C)CCCC(C)CC1CC1. The Labute approximate surface area is 96.8 Å². The summed E-state index contributed by atoms with van der Waals surface area (Å²) >= 11 is 0. The zero-order valence-corrected chi connectivity index (χ0v) is 11.3. The lowest BCUT2D eigenvalue weighted by molar-refractivity contribution is 0.328. The molecule has 0 radical (unpaired) electrons. The Hall–Kier alpha value is 0. The molecule has 0 saturated heterocycles. The van der Waals surface area contributed by atoms with Crippen molar-refractivity contribution in [2.75, 3.05) is 0 Å². The Kier molecular flexibility index (Phi) is 5.71. The molecule has 0 aromatic carbocycles. The monoisotopic (exact) mass is 210 g/mol. The second-order valence-corrected chi connectivity index (χ2v) is 6.08. The van der Waals surface area contributed by atoms with Crippen LogP contribution in [0.15, 0.2) is 0 Å². The van der Waals surface area contributed by atoms with Crippen molar-refractivity contribution in [3.05, 3.63) is 0 Å². The Bertz CT molecular complexity index is 157. The van der Waals surface area contributed by atoms with Crippen LogP contribution in [0.3, 0.4) is 0 Å². The summed E-state index contributed by atoms with van der Waals surface area (Å²) in [6.07, 6.45) is 10.3. The highest BCUT2D eigenvalue weighted by Crippen LogP contribution is 2.36. The van der Waals surface area contributed by atoms with Crippen LogP contribution in [-0.2, 0) is 0 Å². The fourth-order valence-corrected chi connectivity index (χ4v) is 2.52. The highest BCUT2D eigenvalue weighted by molar-refractivity contribution is 4.75. The van der Waals surface area contributed by atoms with Crippen molar-refractivity contribution in [2.24, 2.45) is 23.7 Å². The quantitative estimate of drug-likeness (QED) is 0.511. The van der Waals surface area contributed by atoms with Crippen LogP contribution >= 0.6 is 0 Å². The third-order valence-corrected chi connectivity index (χ3v) is 4.40. The molecule has 90 valence electrons. The number of hydrogen-bond donors (Lipinski definition) is 0. The summed E-state index contributed by atoms with van der Waals surface area (Å²) in [5.41, 5.74) is 0. The summed E-state index contributed by atoms with van der Waals surface area (Å²) in [6, 6.07) is 0. The highest BCUT2D eigenvalue weighted by atomic mass is 14.3. The van der Waals surface area contributed by atoms with E-state index in [1.807, 2.05) is 0 Å². The molecule has 0 nitrogen and oxygen atoms in total. The third-order valence-electron chi connectivity index (χ3n) is 4.40. The van der Waals surface area contributed by atoms with Crippen LogP contribution in [0.25, 0.3) is 0 Å². The smallest absolute Gasteiger partial charge is 0.0412 e. The van der Waals surface area contributed by atoms with Gasteiger partial charge in [-0.3, -0.25) is 0 Å². The summed E-state index contributed by atoms with van der Waals surface area (Å²) in [4.78, 5) is 0. The van der Waals surface area contributed by atoms with E-state index < -0.39 is 0 Å². The van der Waals surface area contributed by atoms with Gasteiger partial charge in [0.1, 0.15) is 0 Å². The van der Waals surface area contributed by atoms with Gasteiger partial charge in [-0.15, -0.1) is 0 Å². The second-order valence-electron chi connectivity index (χ2n) is 6.08. The summed E-state index contributed by atoms with van der Waals surface area (Å²) < 4.78 is 0. The van der Waals surface area contributed by atoms with E-state index in [1.165, 1.54) is 44.9 Å². The van der Waals surface area contributed by atoms with Gasteiger partial charge in [0.25, 0.3) is 0 Å². The predicted molar refractivity (Wildman–Crippen MR) is 69.0 cm³/mol. The summed E-state index contributed by atoms with van der Waals surface area (Å²) in [5, 5.41) is 0. The van der Waals surface area contributed by atoms with Crippen molar-refractivity contribution in [3.63, 3.8) is 0 Å². The normalized spacial score (nSPS) is 22.4. The van der Waals surface area contributed by atoms with Gasteiger partial charge in [0, 0.05) is 0 Å². The third kappa shape index (κ3) is 5.58. The maximum absolute atomic E-state index is 2.45. The molecule has 0 aromatic heterocycles. The van der Waals surface area contributed by atoms with E-state index in [0.717, 1.165) is 23.7 Å². The molecule has 0 heteroatoms. The zero-order chi connectivity index (χ0) is 11.3. The first-order valence-electron chi connectivity index (χ1n) is 7.13. The molecule has 1 aliphatic carbocycles. The highest BCUT2D eigenvalue weighted by Gasteiger charge is 2.23. The predicted octanol–water partition coefficient (Wildman–Crippen LogP) is 5.28. The van der Waals surface area contributed by atoms with E-state index in [2.05, 4.69) is 27.7 Å². The minimum atomic E-state index is 0.920. The Morgan fingerprint density at radius 2 is 1.67 bits per heavy atom. The lowest BCUT2D eigenvalue weighted by atomic mass is 9.87. The summed E-state index contributed by atoms with van der Waals surface area (Å²) in [5.74, 6) is 3.96. The van der Waals surface area contributed by atoms with Crippen LogP contribution in [0.5, 0.6) is 0 Å². The molecule has 0 amide bonds. The van der Waals surface area contributed by atoms with Crippen molar-refractivity contribution in [3.8, 4) is 0 Å². The minimum absolute atomic E-state index is 0.920. The van der Waals surface area contributed by atoms with Crippen molar-refractivity contribution in [1.29, 1.82) is 0 Å². The van der Waals surface area contributed by atoms with Gasteiger partial charge >= 0.3 is 0 Å².